The molecule has 1 heterocycles. The zero-order valence-corrected chi connectivity index (χ0v) is 15.5. The van der Waals surface area contributed by atoms with E-state index in [0.717, 1.165) is 6.07 Å². The van der Waals surface area contributed by atoms with E-state index in [1.54, 1.807) is 0 Å². The quantitative estimate of drug-likeness (QED) is 0.486. The lowest BCUT2D eigenvalue weighted by molar-refractivity contribution is -0.137. The van der Waals surface area contributed by atoms with Crippen molar-refractivity contribution in [3.8, 4) is 11.3 Å². The highest BCUT2D eigenvalue weighted by Crippen LogP contribution is 2.46. The van der Waals surface area contributed by atoms with Crippen LogP contribution in [0.4, 0.5) is 22.0 Å². The summed E-state index contributed by atoms with van der Waals surface area (Å²) in [5.74, 6) is -1.46. The Morgan fingerprint density at radius 3 is 2.14 bits per heavy atom. The Bertz CT molecular complexity index is 967. The van der Waals surface area contributed by atoms with Crippen LogP contribution >= 0.6 is 0 Å². The minimum Gasteiger partial charge on any atom is -0.352 e. The number of aromatic nitrogens is 1. The highest BCUT2D eigenvalue weighted by Gasteiger charge is 2.36. The molecule has 1 aliphatic rings. The van der Waals surface area contributed by atoms with Gasteiger partial charge in [0.25, 0.3) is 0 Å². The molecule has 0 radical (unpaired) electrons. The molecule has 1 aromatic heterocycles. The van der Waals surface area contributed by atoms with E-state index >= 15 is 0 Å². The maximum Gasteiger partial charge on any atom is 0.416 e. The van der Waals surface area contributed by atoms with E-state index in [1.807, 2.05) is 13.8 Å². The van der Waals surface area contributed by atoms with Crippen molar-refractivity contribution in [2.24, 2.45) is 5.73 Å². The fraction of sp³-hybridized carbons (Fsp3) is 0.333. The number of alkyl halides is 3. The van der Waals surface area contributed by atoms with E-state index in [2.05, 4.69) is 4.98 Å². The van der Waals surface area contributed by atoms with E-state index in [-0.39, 0.29) is 22.9 Å². The first-order valence-electron chi connectivity index (χ1n) is 9.18. The molecule has 1 fully saturated rings. The van der Waals surface area contributed by atoms with Crippen LogP contribution in [0.15, 0.2) is 36.4 Å². The van der Waals surface area contributed by atoms with Crippen molar-refractivity contribution in [2.75, 3.05) is 0 Å². The SMILES string of the molecule is CC.NC1CC(c2c(-c3ccc(F)cc3)[nH]c3c(F)cc(C(F)(F)F)cc23)C1. The Morgan fingerprint density at radius 1 is 1.00 bits per heavy atom. The first kappa shape index (κ1) is 20.3. The van der Waals surface area contributed by atoms with Crippen molar-refractivity contribution >= 4 is 10.9 Å². The molecular formula is C21H21F5N2. The van der Waals surface area contributed by atoms with Crippen molar-refractivity contribution in [1.29, 1.82) is 0 Å². The van der Waals surface area contributed by atoms with Gasteiger partial charge in [-0.05, 0) is 66.3 Å². The summed E-state index contributed by atoms with van der Waals surface area (Å²) in [5, 5.41) is 0.202. The zero-order chi connectivity index (χ0) is 20.6. The summed E-state index contributed by atoms with van der Waals surface area (Å²) >= 11 is 0. The van der Waals surface area contributed by atoms with Crippen LogP contribution in [0.2, 0.25) is 0 Å². The molecule has 28 heavy (non-hydrogen) atoms. The molecule has 0 aliphatic heterocycles. The normalized spacial score (nSPS) is 19.1. The first-order valence-corrected chi connectivity index (χ1v) is 9.18. The van der Waals surface area contributed by atoms with Crippen LogP contribution in [0.1, 0.15) is 43.7 Å². The molecule has 1 aliphatic carbocycles. The second kappa shape index (κ2) is 7.54. The summed E-state index contributed by atoms with van der Waals surface area (Å²) in [4.78, 5) is 2.91. The lowest BCUT2D eigenvalue weighted by Gasteiger charge is -2.33. The number of halogens is 5. The van der Waals surface area contributed by atoms with Gasteiger partial charge in [-0.1, -0.05) is 13.8 Å². The summed E-state index contributed by atoms with van der Waals surface area (Å²) in [6, 6.07) is 6.99. The van der Waals surface area contributed by atoms with Crippen LogP contribution in [0, 0.1) is 11.6 Å². The molecule has 0 amide bonds. The Kier molecular flexibility index (Phi) is 5.48. The van der Waals surface area contributed by atoms with E-state index in [0.29, 0.717) is 35.7 Å². The van der Waals surface area contributed by atoms with Gasteiger partial charge in [0.05, 0.1) is 16.8 Å². The lowest BCUT2D eigenvalue weighted by atomic mass is 9.74. The van der Waals surface area contributed by atoms with Crippen molar-refractivity contribution in [2.45, 2.75) is 44.8 Å². The maximum absolute atomic E-state index is 14.4. The number of aromatic amines is 1. The van der Waals surface area contributed by atoms with Crippen LogP contribution in [-0.4, -0.2) is 11.0 Å². The number of nitrogens with one attached hydrogen (secondary N) is 1. The smallest absolute Gasteiger partial charge is 0.352 e. The van der Waals surface area contributed by atoms with Gasteiger partial charge in [0.1, 0.15) is 11.6 Å². The average molecular weight is 396 g/mol. The predicted molar refractivity (Wildman–Crippen MR) is 100.0 cm³/mol. The van der Waals surface area contributed by atoms with Crippen LogP contribution in [0.3, 0.4) is 0 Å². The van der Waals surface area contributed by atoms with Gasteiger partial charge < -0.3 is 10.7 Å². The van der Waals surface area contributed by atoms with Crippen molar-refractivity contribution in [3.05, 3.63) is 59.2 Å². The summed E-state index contributed by atoms with van der Waals surface area (Å²) in [5.41, 5.74) is 6.54. The van der Waals surface area contributed by atoms with Gasteiger partial charge in [0.2, 0.25) is 0 Å². The number of rotatable bonds is 2. The van der Waals surface area contributed by atoms with Gasteiger partial charge in [-0.25, -0.2) is 8.78 Å². The molecule has 0 spiro atoms. The Labute approximate surface area is 159 Å². The van der Waals surface area contributed by atoms with E-state index in [4.69, 9.17) is 5.73 Å². The molecule has 0 saturated heterocycles. The molecule has 150 valence electrons. The molecule has 0 bridgehead atoms. The average Bonchev–Trinajstić information content (AvgIpc) is 3.00. The third-order valence-corrected chi connectivity index (χ3v) is 4.94. The number of hydrogen-bond acceptors (Lipinski definition) is 1. The number of H-pyrrole nitrogens is 1. The van der Waals surface area contributed by atoms with Crippen molar-refractivity contribution in [1.82, 2.24) is 4.98 Å². The Morgan fingerprint density at radius 2 is 1.61 bits per heavy atom. The number of fused-ring (bicyclic) bond motifs is 1. The van der Waals surface area contributed by atoms with Gasteiger partial charge in [-0.2, -0.15) is 13.2 Å². The second-order valence-electron chi connectivity index (χ2n) is 6.73. The number of hydrogen-bond donors (Lipinski definition) is 2. The van der Waals surface area contributed by atoms with Crippen LogP contribution in [0.25, 0.3) is 22.2 Å². The highest BCUT2D eigenvalue weighted by atomic mass is 19.4. The van der Waals surface area contributed by atoms with Crippen LogP contribution < -0.4 is 5.73 Å². The molecule has 0 unspecified atom stereocenters. The van der Waals surface area contributed by atoms with Gasteiger partial charge in [-0.15, -0.1) is 0 Å². The molecule has 3 N–H and O–H groups in total. The van der Waals surface area contributed by atoms with E-state index < -0.39 is 23.4 Å². The second-order valence-corrected chi connectivity index (χ2v) is 6.73. The third kappa shape index (κ3) is 3.63. The topological polar surface area (TPSA) is 41.8 Å². The molecule has 0 atom stereocenters. The lowest BCUT2D eigenvalue weighted by Crippen LogP contribution is -2.34. The molecule has 1 saturated carbocycles. The van der Waals surface area contributed by atoms with Gasteiger partial charge in [0, 0.05) is 11.4 Å². The predicted octanol–water partition coefficient (Wildman–Crippen LogP) is 6.36. The highest BCUT2D eigenvalue weighted by molar-refractivity contribution is 5.92. The molecule has 4 rings (SSSR count). The molecule has 3 aromatic rings. The van der Waals surface area contributed by atoms with Gasteiger partial charge in [-0.3, -0.25) is 0 Å². The van der Waals surface area contributed by atoms with Crippen molar-refractivity contribution in [3.63, 3.8) is 0 Å². The van der Waals surface area contributed by atoms with Crippen molar-refractivity contribution < 1.29 is 22.0 Å². The standard InChI is InChI=1S/C19H15F5N2.C2H6/c20-12-3-1-9(2-4-12)17-16(10-5-13(25)6-10)14-7-11(19(22,23)24)8-15(21)18(14)26-17;1-2/h1-4,7-8,10,13,26H,5-6,25H2;1-2H3. The minimum absolute atomic E-state index is 0.0211. The van der Waals surface area contributed by atoms with E-state index in [1.165, 1.54) is 24.3 Å². The van der Waals surface area contributed by atoms with Crippen LogP contribution in [-0.2, 0) is 6.18 Å². The zero-order valence-electron chi connectivity index (χ0n) is 15.5. The molecular weight excluding hydrogens is 375 g/mol. The van der Waals surface area contributed by atoms with E-state index in [9.17, 15) is 22.0 Å². The van der Waals surface area contributed by atoms with Gasteiger partial charge >= 0.3 is 6.18 Å². The summed E-state index contributed by atoms with van der Waals surface area (Å²) in [6.45, 7) is 4.00. The summed E-state index contributed by atoms with van der Waals surface area (Å²) < 4.78 is 67.0. The molecule has 2 nitrogen and oxygen atoms in total. The largest absolute Gasteiger partial charge is 0.416 e. The summed E-state index contributed by atoms with van der Waals surface area (Å²) in [7, 11) is 0. The fourth-order valence-electron chi connectivity index (χ4n) is 3.60. The van der Waals surface area contributed by atoms with Gasteiger partial charge in [0.15, 0.2) is 0 Å². The Hall–Kier alpha value is -2.41. The maximum atomic E-state index is 14.4. The Balaban J connectivity index is 0.00000109. The summed E-state index contributed by atoms with van der Waals surface area (Å²) in [6.07, 6.45) is -3.42. The number of nitrogens with two attached hydrogens (primary N) is 1. The number of benzene rings is 2. The third-order valence-electron chi connectivity index (χ3n) is 4.94. The molecule has 7 heteroatoms. The van der Waals surface area contributed by atoms with Crippen LogP contribution in [0.5, 0.6) is 0 Å². The molecule has 2 aromatic carbocycles. The first-order chi connectivity index (χ1) is 13.2. The minimum atomic E-state index is -4.64. The monoisotopic (exact) mass is 396 g/mol. The fourth-order valence-corrected chi connectivity index (χ4v) is 3.60.